The van der Waals surface area contributed by atoms with Crippen LogP contribution in [0.1, 0.15) is 86.0 Å². The molecule has 0 heterocycles. The third-order valence-corrected chi connectivity index (χ3v) is 12.0. The fraction of sp³-hybridized carbons (Fsp3) is 1.00. The molecule has 7 heteroatoms. The van der Waals surface area contributed by atoms with Gasteiger partial charge in [-0.2, -0.15) is 0 Å². The van der Waals surface area contributed by atoms with E-state index < -0.39 is 10.8 Å². The van der Waals surface area contributed by atoms with Gasteiger partial charge in [0.1, 0.15) is 0 Å². The molecule has 1 N–H and O–H groups in total. The molecular formula is C27H50Cl2N2O2S. The highest BCUT2D eigenvalue weighted by molar-refractivity contribution is 7.87. The Morgan fingerprint density at radius 1 is 1.12 bits per heavy atom. The van der Waals surface area contributed by atoms with Crippen molar-refractivity contribution in [1.29, 1.82) is 0 Å². The number of methoxy groups -OCH3 is 1. The Morgan fingerprint density at radius 2 is 1.79 bits per heavy atom. The van der Waals surface area contributed by atoms with Crippen molar-refractivity contribution in [3.05, 3.63) is 0 Å². The van der Waals surface area contributed by atoms with Crippen molar-refractivity contribution in [3.8, 4) is 0 Å². The van der Waals surface area contributed by atoms with Crippen molar-refractivity contribution in [3.63, 3.8) is 0 Å². The van der Waals surface area contributed by atoms with Gasteiger partial charge in [0.25, 0.3) is 0 Å². The highest BCUT2D eigenvalue weighted by Gasteiger charge is 2.64. The third-order valence-electron chi connectivity index (χ3n) is 8.43. The van der Waals surface area contributed by atoms with Crippen molar-refractivity contribution in [2.45, 2.75) is 119 Å². The lowest BCUT2D eigenvalue weighted by molar-refractivity contribution is 0.0709. The highest BCUT2D eigenvalue weighted by atomic mass is 35.5. The zero-order chi connectivity index (χ0) is 25.1. The first kappa shape index (κ1) is 29.2. The Bertz CT molecular complexity index is 666. The summed E-state index contributed by atoms with van der Waals surface area (Å²) in [5.41, 5.74) is 0.247. The van der Waals surface area contributed by atoms with E-state index in [-0.39, 0.29) is 20.9 Å². The van der Waals surface area contributed by atoms with Crippen LogP contribution >= 0.6 is 23.2 Å². The SMILES string of the molecule is COCCNCC1CC1(C1CCC(N(CC(C)(C)C)C(C)C)C(Cl)C1)S(=O)C1CCC(Cl)CC1. The quantitative estimate of drug-likeness (QED) is 0.267. The first-order valence-corrected chi connectivity index (χ1v) is 15.7. The Kier molecular flexibility index (Phi) is 10.7. The summed E-state index contributed by atoms with van der Waals surface area (Å²) in [4.78, 5) is 2.63. The summed E-state index contributed by atoms with van der Waals surface area (Å²) in [7, 11) is 0.921. The van der Waals surface area contributed by atoms with Gasteiger partial charge in [0, 0.05) is 59.1 Å². The van der Waals surface area contributed by atoms with Gasteiger partial charge in [-0.15, -0.1) is 23.2 Å². The summed E-state index contributed by atoms with van der Waals surface area (Å²) in [6.45, 7) is 15.1. The van der Waals surface area contributed by atoms with Gasteiger partial charge < -0.3 is 10.1 Å². The number of rotatable bonds is 11. The molecule has 0 aromatic rings. The smallest absolute Gasteiger partial charge is 0.0587 e. The Morgan fingerprint density at radius 3 is 2.35 bits per heavy atom. The van der Waals surface area contributed by atoms with Crippen molar-refractivity contribution < 1.29 is 8.95 Å². The second-order valence-electron chi connectivity index (χ2n) is 12.6. The van der Waals surface area contributed by atoms with E-state index in [0.29, 0.717) is 29.2 Å². The molecular weight excluding hydrogens is 487 g/mol. The van der Waals surface area contributed by atoms with Gasteiger partial charge in [-0.1, -0.05) is 20.8 Å². The van der Waals surface area contributed by atoms with Crippen LogP contribution in [0.5, 0.6) is 0 Å². The number of hydrogen-bond donors (Lipinski definition) is 1. The Balaban J connectivity index is 1.71. The van der Waals surface area contributed by atoms with Gasteiger partial charge in [0.15, 0.2) is 0 Å². The molecule has 0 aromatic carbocycles. The molecule has 3 fully saturated rings. The molecule has 3 aliphatic carbocycles. The van der Waals surface area contributed by atoms with E-state index in [1.54, 1.807) is 7.11 Å². The van der Waals surface area contributed by atoms with E-state index in [4.69, 9.17) is 27.9 Å². The highest BCUT2D eigenvalue weighted by Crippen LogP contribution is 2.59. The van der Waals surface area contributed by atoms with Gasteiger partial charge in [-0.05, 0) is 89.0 Å². The van der Waals surface area contributed by atoms with Crippen LogP contribution in [0.2, 0.25) is 0 Å². The minimum atomic E-state index is -0.819. The molecule has 34 heavy (non-hydrogen) atoms. The maximum atomic E-state index is 14.2. The van der Waals surface area contributed by atoms with Crippen molar-refractivity contribution in [2.75, 3.05) is 33.4 Å². The molecule has 0 spiro atoms. The predicted octanol–water partition coefficient (Wildman–Crippen LogP) is 5.81. The van der Waals surface area contributed by atoms with E-state index in [1.807, 2.05) is 0 Å². The molecule has 3 saturated carbocycles. The maximum absolute atomic E-state index is 14.2. The van der Waals surface area contributed by atoms with Crippen LogP contribution in [0.25, 0.3) is 0 Å². The number of ether oxygens (including phenoxy) is 1. The topological polar surface area (TPSA) is 41.6 Å². The average Bonchev–Trinajstić information content (AvgIpc) is 3.50. The molecule has 6 unspecified atom stereocenters. The molecule has 0 radical (unpaired) electrons. The normalized spacial score (nSPS) is 37.8. The van der Waals surface area contributed by atoms with Gasteiger partial charge >= 0.3 is 0 Å². The molecule has 3 aliphatic rings. The third kappa shape index (κ3) is 7.13. The molecule has 3 rings (SSSR count). The summed E-state index contributed by atoms with van der Waals surface area (Å²) in [6, 6.07) is 0.890. The van der Waals surface area contributed by atoms with Crippen LogP contribution < -0.4 is 5.32 Å². The summed E-state index contributed by atoms with van der Waals surface area (Å²) >= 11 is 13.6. The Hall–Kier alpha value is 0.610. The molecule has 0 saturated heterocycles. The number of hydrogen-bond acceptors (Lipinski definition) is 4. The van der Waals surface area contributed by atoms with E-state index in [2.05, 4.69) is 44.8 Å². The maximum Gasteiger partial charge on any atom is 0.0587 e. The fourth-order valence-electron chi connectivity index (χ4n) is 6.63. The van der Waals surface area contributed by atoms with Gasteiger partial charge in [0.2, 0.25) is 0 Å². The summed E-state index contributed by atoms with van der Waals surface area (Å²) in [5, 5.41) is 4.26. The molecule has 200 valence electrons. The lowest BCUT2D eigenvalue weighted by Gasteiger charge is -2.46. The zero-order valence-corrected chi connectivity index (χ0v) is 24.8. The first-order valence-electron chi connectivity index (χ1n) is 13.6. The van der Waals surface area contributed by atoms with E-state index in [9.17, 15) is 4.21 Å². The lowest BCUT2D eigenvalue weighted by Crippen LogP contribution is -2.53. The van der Waals surface area contributed by atoms with Gasteiger partial charge in [-0.3, -0.25) is 9.11 Å². The van der Waals surface area contributed by atoms with Crippen LogP contribution in [0.3, 0.4) is 0 Å². The van der Waals surface area contributed by atoms with Gasteiger partial charge in [-0.25, -0.2) is 0 Å². The minimum Gasteiger partial charge on any atom is -0.383 e. The summed E-state index contributed by atoms with van der Waals surface area (Å²) in [5.74, 6) is 0.943. The number of nitrogens with one attached hydrogen (secondary N) is 1. The minimum absolute atomic E-state index is 0.0608. The van der Waals surface area contributed by atoms with E-state index in [0.717, 1.165) is 77.6 Å². The second-order valence-corrected chi connectivity index (χ2v) is 15.8. The van der Waals surface area contributed by atoms with Crippen LogP contribution in [0.4, 0.5) is 0 Å². The monoisotopic (exact) mass is 536 g/mol. The summed E-state index contributed by atoms with van der Waals surface area (Å²) < 4.78 is 19.3. The van der Waals surface area contributed by atoms with E-state index >= 15 is 0 Å². The average molecular weight is 538 g/mol. The number of halogens is 2. The predicted molar refractivity (Wildman–Crippen MR) is 148 cm³/mol. The lowest BCUT2D eigenvalue weighted by atomic mass is 9.80. The first-order chi connectivity index (χ1) is 16.0. The standard InChI is InChI=1S/C27H50Cl2N2O2S/c1-19(2)31(18-26(3,4)5)25-12-7-20(15-24(25)29)27(16-21(27)17-30-13-14-33-6)34(32)23-10-8-22(28)9-11-23/h19-25,30H,7-18H2,1-6H3. The molecule has 0 aliphatic heterocycles. The van der Waals surface area contributed by atoms with E-state index in [1.165, 1.54) is 0 Å². The van der Waals surface area contributed by atoms with Crippen LogP contribution in [-0.4, -0.2) is 75.3 Å². The molecule has 6 atom stereocenters. The number of nitrogens with zero attached hydrogens (tertiary/aromatic N) is 1. The Labute approximate surface area is 222 Å². The largest absolute Gasteiger partial charge is 0.383 e. The fourth-order valence-corrected chi connectivity index (χ4v) is 10.0. The molecule has 0 amide bonds. The van der Waals surface area contributed by atoms with Crippen molar-refractivity contribution in [2.24, 2.45) is 17.3 Å². The van der Waals surface area contributed by atoms with Crippen LogP contribution in [0.15, 0.2) is 0 Å². The van der Waals surface area contributed by atoms with Gasteiger partial charge in [0.05, 0.1) is 11.4 Å². The second kappa shape index (κ2) is 12.4. The van der Waals surface area contributed by atoms with Crippen molar-refractivity contribution in [1.82, 2.24) is 10.2 Å². The number of alkyl halides is 2. The molecule has 4 nitrogen and oxygen atoms in total. The molecule has 0 bridgehead atoms. The van der Waals surface area contributed by atoms with Crippen LogP contribution in [0, 0.1) is 17.3 Å². The van der Waals surface area contributed by atoms with Crippen molar-refractivity contribution >= 4 is 34.0 Å². The molecule has 0 aromatic heterocycles. The van der Waals surface area contributed by atoms with Crippen LogP contribution in [-0.2, 0) is 15.5 Å². The summed E-state index contributed by atoms with van der Waals surface area (Å²) in [6.07, 6.45) is 8.37. The zero-order valence-electron chi connectivity index (χ0n) is 22.5.